The second kappa shape index (κ2) is 9.02. The van der Waals surface area contributed by atoms with Gasteiger partial charge in [0.2, 0.25) is 0 Å². The Hall–Kier alpha value is -2.99. The number of carbonyl (C=O) groups excluding carboxylic acids is 2. The van der Waals surface area contributed by atoms with Crippen LogP contribution in [0.1, 0.15) is 52.4 Å². The van der Waals surface area contributed by atoms with Crippen LogP contribution in [0.15, 0.2) is 48.9 Å². The highest BCUT2D eigenvalue weighted by molar-refractivity contribution is 6.30. The van der Waals surface area contributed by atoms with Crippen molar-refractivity contribution in [1.82, 2.24) is 20.1 Å². The van der Waals surface area contributed by atoms with Gasteiger partial charge in [-0.05, 0) is 73.6 Å². The van der Waals surface area contributed by atoms with Gasteiger partial charge in [0, 0.05) is 31.3 Å². The fraction of sp³-hybridized carbons (Fsp3) is 0.333. The molecule has 3 aromatic rings. The van der Waals surface area contributed by atoms with E-state index < -0.39 is 0 Å². The van der Waals surface area contributed by atoms with Crippen LogP contribution in [0.2, 0.25) is 5.02 Å². The molecule has 0 bridgehead atoms. The van der Waals surface area contributed by atoms with Crippen molar-refractivity contribution in [2.75, 3.05) is 6.54 Å². The molecular formula is C24H25ClN4O2. The summed E-state index contributed by atoms with van der Waals surface area (Å²) < 4.78 is 1.75. The molecule has 160 valence electrons. The van der Waals surface area contributed by atoms with Gasteiger partial charge in [0.05, 0.1) is 16.9 Å². The van der Waals surface area contributed by atoms with Crippen LogP contribution in [-0.4, -0.2) is 33.0 Å². The maximum absolute atomic E-state index is 12.8. The van der Waals surface area contributed by atoms with Crippen LogP contribution < -0.4 is 5.32 Å². The second-order valence-corrected chi connectivity index (χ2v) is 8.62. The molecule has 31 heavy (non-hydrogen) atoms. The maximum Gasteiger partial charge on any atom is 0.269 e. The smallest absolute Gasteiger partial charge is 0.269 e. The number of aromatic nitrogens is 3. The van der Waals surface area contributed by atoms with E-state index in [0.29, 0.717) is 23.7 Å². The molecule has 1 amide bonds. The van der Waals surface area contributed by atoms with Gasteiger partial charge in [0.15, 0.2) is 0 Å². The molecule has 2 heterocycles. The van der Waals surface area contributed by atoms with Crippen molar-refractivity contribution in [3.8, 4) is 5.69 Å². The Kier molecular flexibility index (Phi) is 6.18. The number of Topliss-reactive ketones (excluding diaryl/α,β-unsaturated/α-hetero) is 1. The minimum Gasteiger partial charge on any atom is -0.351 e. The maximum atomic E-state index is 12.8. The van der Waals surface area contributed by atoms with Crippen molar-refractivity contribution in [3.05, 3.63) is 76.3 Å². The molecule has 7 heteroatoms. The number of aryl methyl sites for hydroxylation is 2. The first-order valence-corrected chi connectivity index (χ1v) is 10.8. The third-order valence-electron chi connectivity index (χ3n) is 5.93. The van der Waals surface area contributed by atoms with E-state index in [-0.39, 0.29) is 23.5 Å². The minimum atomic E-state index is -0.178. The molecule has 2 atom stereocenters. The minimum absolute atomic E-state index is 0.0910. The second-order valence-electron chi connectivity index (χ2n) is 8.18. The molecule has 0 aliphatic heterocycles. The highest BCUT2D eigenvalue weighted by atomic mass is 35.5. The zero-order chi connectivity index (χ0) is 22.0. The zero-order valence-electron chi connectivity index (χ0n) is 17.6. The fourth-order valence-electron chi connectivity index (χ4n) is 4.53. The van der Waals surface area contributed by atoms with E-state index in [0.717, 1.165) is 35.2 Å². The van der Waals surface area contributed by atoms with Gasteiger partial charge in [-0.3, -0.25) is 14.6 Å². The molecule has 1 fully saturated rings. The predicted octanol–water partition coefficient (Wildman–Crippen LogP) is 4.42. The van der Waals surface area contributed by atoms with Crippen LogP contribution in [0.4, 0.5) is 0 Å². The average Bonchev–Trinajstić information content (AvgIpc) is 3.34. The summed E-state index contributed by atoms with van der Waals surface area (Å²) in [5.74, 6) is 0.279. The number of hydrogen-bond donors (Lipinski definition) is 1. The van der Waals surface area contributed by atoms with Gasteiger partial charge >= 0.3 is 0 Å². The number of hydrogen-bond acceptors (Lipinski definition) is 4. The van der Waals surface area contributed by atoms with Gasteiger partial charge in [-0.2, -0.15) is 5.10 Å². The van der Waals surface area contributed by atoms with E-state index in [9.17, 15) is 9.59 Å². The molecule has 1 unspecified atom stereocenters. The van der Waals surface area contributed by atoms with E-state index >= 15 is 0 Å². The summed E-state index contributed by atoms with van der Waals surface area (Å²) in [6.07, 6.45) is 7.13. The van der Waals surface area contributed by atoms with Crippen LogP contribution in [0.3, 0.4) is 0 Å². The molecule has 0 spiro atoms. The Morgan fingerprint density at radius 2 is 2.03 bits per heavy atom. The normalized spacial score (nSPS) is 18.4. The molecule has 1 N–H and O–H groups in total. The van der Waals surface area contributed by atoms with E-state index in [1.165, 1.54) is 0 Å². The summed E-state index contributed by atoms with van der Waals surface area (Å²) in [5, 5.41) is 7.77. The lowest BCUT2D eigenvalue weighted by Gasteiger charge is -2.18. The van der Waals surface area contributed by atoms with Crippen molar-refractivity contribution in [2.24, 2.45) is 5.92 Å². The Balaban J connectivity index is 1.40. The molecule has 1 aliphatic carbocycles. The third-order valence-corrected chi connectivity index (χ3v) is 6.12. The first kappa shape index (κ1) is 21.2. The lowest BCUT2D eigenvalue weighted by Crippen LogP contribution is -2.26. The molecule has 1 saturated carbocycles. The number of ketones is 1. The van der Waals surface area contributed by atoms with Gasteiger partial charge in [0.25, 0.3) is 5.91 Å². The highest BCUT2D eigenvalue weighted by Gasteiger charge is 2.35. The third kappa shape index (κ3) is 4.69. The van der Waals surface area contributed by atoms with Gasteiger partial charge < -0.3 is 5.32 Å². The summed E-state index contributed by atoms with van der Waals surface area (Å²) >= 11 is 6.00. The lowest BCUT2D eigenvalue weighted by atomic mass is 9.87. The Morgan fingerprint density at radius 3 is 2.68 bits per heavy atom. The molecule has 1 aliphatic rings. The van der Waals surface area contributed by atoms with Crippen molar-refractivity contribution in [3.63, 3.8) is 0 Å². The molecule has 4 rings (SSSR count). The van der Waals surface area contributed by atoms with E-state index in [1.807, 2.05) is 13.8 Å². The topological polar surface area (TPSA) is 76.9 Å². The molecular weight excluding hydrogens is 412 g/mol. The molecule has 1 aromatic carbocycles. The number of carbonyl (C=O) groups is 2. The summed E-state index contributed by atoms with van der Waals surface area (Å²) in [5.41, 5.74) is 4.64. The van der Waals surface area contributed by atoms with Crippen molar-refractivity contribution in [2.45, 2.75) is 39.0 Å². The van der Waals surface area contributed by atoms with Crippen LogP contribution in [0.5, 0.6) is 0 Å². The number of halogens is 1. The van der Waals surface area contributed by atoms with Crippen molar-refractivity contribution in [1.29, 1.82) is 0 Å². The molecule has 0 radical (unpaired) electrons. The van der Waals surface area contributed by atoms with E-state index in [2.05, 4.69) is 27.5 Å². The van der Waals surface area contributed by atoms with E-state index in [1.54, 1.807) is 41.5 Å². The van der Waals surface area contributed by atoms with Crippen LogP contribution in [-0.2, 0) is 4.79 Å². The average molecular weight is 437 g/mol. The SMILES string of the molecule is Cc1cc(-n2cc(Cl)cn2)cc(C)c1C1C[C@H](CCNC(=O)c2ccccn2)CC1=O. The van der Waals surface area contributed by atoms with Gasteiger partial charge in [-0.25, -0.2) is 4.68 Å². The summed E-state index contributed by atoms with van der Waals surface area (Å²) in [4.78, 5) is 29.0. The number of pyridine rings is 1. The monoisotopic (exact) mass is 436 g/mol. The summed E-state index contributed by atoms with van der Waals surface area (Å²) in [6, 6.07) is 9.37. The van der Waals surface area contributed by atoms with Gasteiger partial charge in [-0.1, -0.05) is 17.7 Å². The predicted molar refractivity (Wildman–Crippen MR) is 120 cm³/mol. The lowest BCUT2D eigenvalue weighted by molar-refractivity contribution is -0.118. The fourth-order valence-corrected chi connectivity index (χ4v) is 4.66. The van der Waals surface area contributed by atoms with Crippen LogP contribution >= 0.6 is 11.6 Å². The zero-order valence-corrected chi connectivity index (χ0v) is 18.4. The van der Waals surface area contributed by atoms with Crippen LogP contribution in [0, 0.1) is 19.8 Å². The van der Waals surface area contributed by atoms with Crippen molar-refractivity contribution < 1.29 is 9.59 Å². The number of amides is 1. The molecule has 2 aromatic heterocycles. The van der Waals surface area contributed by atoms with Crippen molar-refractivity contribution >= 4 is 23.3 Å². The summed E-state index contributed by atoms with van der Waals surface area (Å²) in [6.45, 7) is 4.63. The number of rotatable bonds is 6. The highest BCUT2D eigenvalue weighted by Crippen LogP contribution is 2.40. The first-order valence-electron chi connectivity index (χ1n) is 10.5. The Bertz CT molecular complexity index is 1090. The first-order chi connectivity index (χ1) is 14.9. The number of benzene rings is 1. The summed E-state index contributed by atoms with van der Waals surface area (Å²) in [7, 11) is 0. The van der Waals surface area contributed by atoms with E-state index in [4.69, 9.17) is 11.6 Å². The largest absolute Gasteiger partial charge is 0.351 e. The quantitative estimate of drug-likeness (QED) is 0.620. The Morgan fingerprint density at radius 1 is 1.26 bits per heavy atom. The Labute approximate surface area is 186 Å². The molecule has 6 nitrogen and oxygen atoms in total. The number of nitrogens with one attached hydrogen (secondary N) is 1. The molecule has 0 saturated heterocycles. The van der Waals surface area contributed by atoms with Gasteiger partial charge in [-0.15, -0.1) is 0 Å². The van der Waals surface area contributed by atoms with Gasteiger partial charge in [0.1, 0.15) is 11.5 Å². The number of nitrogens with zero attached hydrogens (tertiary/aromatic N) is 3. The standard InChI is InChI=1S/C24H25ClN4O2/c1-15-9-19(29-14-18(25)13-28-29)10-16(2)23(15)20-11-17(12-22(20)30)6-8-27-24(31)21-5-3-4-7-26-21/h3-5,7,9-10,13-14,17,20H,6,8,11-12H2,1-2H3,(H,27,31)/t17-,20?/m0/s1. The van der Waals surface area contributed by atoms with Crippen LogP contribution in [0.25, 0.3) is 5.69 Å².